The summed E-state index contributed by atoms with van der Waals surface area (Å²) in [4.78, 5) is 3.82. The maximum atomic E-state index is 13.2. The Morgan fingerprint density at radius 3 is 2.88 bits per heavy atom. The van der Waals surface area contributed by atoms with Gasteiger partial charge in [0.15, 0.2) is 5.75 Å². The Labute approximate surface area is 95.6 Å². The highest BCUT2D eigenvalue weighted by atomic mass is 35.5. The number of aryl methyl sites for hydroxylation is 1. The highest BCUT2D eigenvalue weighted by Gasteiger charge is 2.10. The van der Waals surface area contributed by atoms with Gasteiger partial charge in [-0.05, 0) is 6.07 Å². The summed E-state index contributed by atoms with van der Waals surface area (Å²) in [7, 11) is 1.69. The molecule has 1 aromatic carbocycles. The fourth-order valence-corrected chi connectivity index (χ4v) is 1.27. The molecule has 16 heavy (non-hydrogen) atoms. The van der Waals surface area contributed by atoms with Crippen LogP contribution in [0.3, 0.4) is 0 Å². The minimum atomic E-state index is -0.609. The van der Waals surface area contributed by atoms with Crippen LogP contribution in [0, 0.1) is 5.82 Å². The molecule has 0 aliphatic heterocycles. The third kappa shape index (κ3) is 2.06. The minimum Gasteiger partial charge on any atom is -0.421 e. The number of rotatable bonds is 2. The van der Waals surface area contributed by atoms with Crippen molar-refractivity contribution >= 4 is 17.3 Å². The van der Waals surface area contributed by atoms with Gasteiger partial charge in [-0.25, -0.2) is 4.39 Å². The molecule has 5 nitrogen and oxygen atoms in total. The lowest BCUT2D eigenvalue weighted by Crippen LogP contribution is -1.95. The Balaban J connectivity index is 2.31. The zero-order valence-electron chi connectivity index (χ0n) is 8.32. The van der Waals surface area contributed by atoms with Gasteiger partial charge in [0.25, 0.3) is 0 Å². The van der Waals surface area contributed by atoms with Crippen LogP contribution in [0.5, 0.6) is 11.8 Å². The number of aromatic nitrogens is 3. The Morgan fingerprint density at radius 1 is 1.50 bits per heavy atom. The van der Waals surface area contributed by atoms with Crippen LogP contribution < -0.4 is 10.5 Å². The Hall–Kier alpha value is -1.82. The van der Waals surface area contributed by atoms with E-state index in [0.29, 0.717) is 0 Å². The summed E-state index contributed by atoms with van der Waals surface area (Å²) in [6.45, 7) is 0. The van der Waals surface area contributed by atoms with Crippen molar-refractivity contribution in [3.63, 3.8) is 0 Å². The van der Waals surface area contributed by atoms with E-state index in [4.69, 9.17) is 22.1 Å². The number of benzene rings is 1. The second-order valence-electron chi connectivity index (χ2n) is 3.11. The van der Waals surface area contributed by atoms with E-state index in [1.807, 2.05) is 0 Å². The van der Waals surface area contributed by atoms with Crippen LogP contribution in [-0.4, -0.2) is 14.8 Å². The quantitative estimate of drug-likeness (QED) is 0.818. The van der Waals surface area contributed by atoms with E-state index in [9.17, 15) is 4.39 Å². The molecule has 0 bridgehead atoms. The van der Waals surface area contributed by atoms with E-state index in [1.54, 1.807) is 7.05 Å². The van der Waals surface area contributed by atoms with Crippen molar-refractivity contribution in [1.82, 2.24) is 14.8 Å². The molecule has 0 fully saturated rings. The van der Waals surface area contributed by atoms with E-state index < -0.39 is 5.82 Å². The molecule has 7 heteroatoms. The standard InChI is InChI=1S/C9H8ClFN4O/c1-15-4-13-9(14-15)16-8-3-6(11)5(10)2-7(8)12/h2-4H,12H2,1H3. The molecule has 0 aliphatic rings. The predicted octanol–water partition coefficient (Wildman–Crippen LogP) is 1.98. The van der Waals surface area contributed by atoms with Crippen molar-refractivity contribution in [3.8, 4) is 11.8 Å². The average molecular weight is 243 g/mol. The smallest absolute Gasteiger partial charge is 0.341 e. The van der Waals surface area contributed by atoms with E-state index >= 15 is 0 Å². The molecular formula is C9H8ClFN4O. The first-order chi connectivity index (χ1) is 7.56. The summed E-state index contributed by atoms with van der Waals surface area (Å²) < 4.78 is 19.8. The Kier molecular flexibility index (Phi) is 2.66. The summed E-state index contributed by atoms with van der Waals surface area (Å²) >= 11 is 5.55. The summed E-state index contributed by atoms with van der Waals surface area (Å²) in [6.07, 6.45) is 1.46. The molecule has 0 amide bonds. The molecule has 2 aromatic rings. The normalized spacial score (nSPS) is 10.4. The van der Waals surface area contributed by atoms with Crippen molar-refractivity contribution in [3.05, 3.63) is 29.3 Å². The molecule has 84 valence electrons. The molecule has 0 radical (unpaired) electrons. The summed E-state index contributed by atoms with van der Waals surface area (Å²) in [5.41, 5.74) is 5.83. The van der Waals surface area contributed by atoms with Gasteiger partial charge in [0.05, 0.1) is 10.7 Å². The minimum absolute atomic E-state index is 0.0566. The molecule has 0 spiro atoms. The molecule has 0 saturated carbocycles. The largest absolute Gasteiger partial charge is 0.421 e. The first-order valence-corrected chi connectivity index (χ1v) is 4.72. The van der Waals surface area contributed by atoms with Crippen LogP contribution in [0.2, 0.25) is 5.02 Å². The molecule has 0 saturated heterocycles. The van der Waals surface area contributed by atoms with Gasteiger partial charge < -0.3 is 10.5 Å². The second-order valence-corrected chi connectivity index (χ2v) is 3.51. The monoisotopic (exact) mass is 242 g/mol. The predicted molar refractivity (Wildman–Crippen MR) is 56.9 cm³/mol. The fraction of sp³-hybridized carbons (Fsp3) is 0.111. The molecule has 0 unspecified atom stereocenters. The molecule has 0 atom stereocenters. The van der Waals surface area contributed by atoms with Crippen molar-refractivity contribution in [1.29, 1.82) is 0 Å². The zero-order valence-corrected chi connectivity index (χ0v) is 9.07. The van der Waals surface area contributed by atoms with Crippen LogP contribution in [0.4, 0.5) is 10.1 Å². The van der Waals surface area contributed by atoms with Crippen molar-refractivity contribution in [2.75, 3.05) is 5.73 Å². The average Bonchev–Trinajstić information content (AvgIpc) is 2.60. The number of halogens is 2. The molecular weight excluding hydrogens is 235 g/mol. The summed E-state index contributed by atoms with van der Waals surface area (Å²) in [5.74, 6) is -0.477. The lowest BCUT2D eigenvalue weighted by atomic mass is 10.3. The fourth-order valence-electron chi connectivity index (χ4n) is 1.10. The Bertz CT molecular complexity index is 528. The van der Waals surface area contributed by atoms with Gasteiger partial charge in [0.1, 0.15) is 12.1 Å². The van der Waals surface area contributed by atoms with E-state index in [2.05, 4.69) is 10.1 Å². The van der Waals surface area contributed by atoms with Gasteiger partial charge in [-0.1, -0.05) is 11.6 Å². The number of hydrogen-bond acceptors (Lipinski definition) is 4. The van der Waals surface area contributed by atoms with Gasteiger partial charge in [0, 0.05) is 13.1 Å². The van der Waals surface area contributed by atoms with Gasteiger partial charge in [0.2, 0.25) is 0 Å². The maximum Gasteiger partial charge on any atom is 0.341 e. The third-order valence-corrected chi connectivity index (χ3v) is 2.12. The summed E-state index contributed by atoms with van der Waals surface area (Å²) in [5, 5.41) is 3.81. The number of nitrogens with zero attached hydrogens (tertiary/aromatic N) is 3. The highest BCUT2D eigenvalue weighted by molar-refractivity contribution is 6.31. The lowest BCUT2D eigenvalue weighted by molar-refractivity contribution is 0.437. The lowest BCUT2D eigenvalue weighted by Gasteiger charge is -2.05. The molecule has 2 N–H and O–H groups in total. The molecule has 1 aromatic heterocycles. The number of ether oxygens (including phenoxy) is 1. The number of anilines is 1. The van der Waals surface area contributed by atoms with Crippen molar-refractivity contribution < 1.29 is 9.13 Å². The van der Waals surface area contributed by atoms with Crippen LogP contribution in [0.15, 0.2) is 18.5 Å². The van der Waals surface area contributed by atoms with Crippen LogP contribution >= 0.6 is 11.6 Å². The van der Waals surface area contributed by atoms with E-state index in [-0.39, 0.29) is 22.5 Å². The molecule has 2 rings (SSSR count). The number of nitrogen functional groups attached to an aromatic ring is 1. The van der Waals surface area contributed by atoms with E-state index in [0.717, 1.165) is 6.07 Å². The van der Waals surface area contributed by atoms with Crippen molar-refractivity contribution in [2.24, 2.45) is 7.05 Å². The van der Waals surface area contributed by atoms with E-state index in [1.165, 1.54) is 17.1 Å². The first kappa shape index (κ1) is 10.7. The molecule has 1 heterocycles. The highest BCUT2D eigenvalue weighted by Crippen LogP contribution is 2.30. The van der Waals surface area contributed by atoms with Crippen LogP contribution in [0.1, 0.15) is 0 Å². The van der Waals surface area contributed by atoms with Gasteiger partial charge >= 0.3 is 6.01 Å². The van der Waals surface area contributed by atoms with Gasteiger partial charge in [-0.2, -0.15) is 4.98 Å². The van der Waals surface area contributed by atoms with Crippen LogP contribution in [-0.2, 0) is 7.05 Å². The van der Waals surface area contributed by atoms with Crippen molar-refractivity contribution in [2.45, 2.75) is 0 Å². The van der Waals surface area contributed by atoms with Gasteiger partial charge in [-0.15, -0.1) is 5.10 Å². The maximum absolute atomic E-state index is 13.2. The SMILES string of the molecule is Cn1cnc(Oc2cc(F)c(Cl)cc2N)n1. The zero-order chi connectivity index (χ0) is 11.7. The first-order valence-electron chi connectivity index (χ1n) is 4.34. The third-order valence-electron chi connectivity index (χ3n) is 1.83. The van der Waals surface area contributed by atoms with Gasteiger partial charge in [-0.3, -0.25) is 4.68 Å². The topological polar surface area (TPSA) is 66.0 Å². The Morgan fingerprint density at radius 2 is 2.25 bits per heavy atom. The second kappa shape index (κ2) is 3.97. The van der Waals surface area contributed by atoms with Crippen LogP contribution in [0.25, 0.3) is 0 Å². The number of nitrogens with two attached hydrogens (primary N) is 1. The number of hydrogen-bond donors (Lipinski definition) is 1. The summed E-state index contributed by atoms with van der Waals surface area (Å²) in [6, 6.07) is 2.46. The molecule has 0 aliphatic carbocycles.